The van der Waals surface area contributed by atoms with Crippen LogP contribution in [0.3, 0.4) is 0 Å². The number of aliphatic hydroxyl groups excluding tert-OH is 4. The largest absolute Gasteiger partial charge is 0.394 e. The van der Waals surface area contributed by atoms with Crippen LogP contribution < -0.4 is 0 Å². The van der Waals surface area contributed by atoms with Crippen LogP contribution >= 0.6 is 58.8 Å². The Morgan fingerprint density at radius 1 is 0.256 bits per heavy atom. The molecular formula is C86H174O29S6. The Hall–Kier alpha value is 0.620. The molecule has 0 amide bonds. The van der Waals surface area contributed by atoms with Gasteiger partial charge in [-0.15, -0.1) is 0 Å². The smallest absolute Gasteiger partial charge is 0.264 e. The van der Waals surface area contributed by atoms with E-state index >= 15 is 0 Å². The first-order chi connectivity index (χ1) is 58.7. The molecule has 0 saturated carbocycles. The fourth-order valence-corrected chi connectivity index (χ4v) is 16.4. The lowest BCUT2D eigenvalue weighted by Gasteiger charge is -2.33. The number of hydrogen-bond donors (Lipinski definition) is 5. The van der Waals surface area contributed by atoms with Crippen molar-refractivity contribution in [3.05, 3.63) is 0 Å². The average molecular weight is 1860 g/mol. The van der Waals surface area contributed by atoms with Gasteiger partial charge in [0.05, 0.1) is 177 Å². The summed E-state index contributed by atoms with van der Waals surface area (Å²) in [5, 5.41) is 43.5. The number of hydrogen-bond acceptors (Lipinski definition) is 33. The second-order valence-electron chi connectivity index (χ2n) is 30.6. The van der Waals surface area contributed by atoms with Crippen molar-refractivity contribution >= 4 is 68.9 Å². The maximum atomic E-state index is 11.2. The van der Waals surface area contributed by atoms with E-state index in [-0.39, 0.29) is 156 Å². The second kappa shape index (κ2) is 89.8. The van der Waals surface area contributed by atoms with E-state index < -0.39 is 77.1 Å². The standard InChI is InChI=1S/C86H174O29S6/c1-13-22-37-116-41-26-32-97-59-81(106-20-8)68-112-80(64-102-52-74(89)51-101-62-78(57-95-18-6)109-35-29-44-118-39-24-15-3)65-104-66-83(113-69-82(107-21-9)60-98-33-27-42-120-46-31-47-121(91,92)93)70-114-84(71-115-85(86(10,11)12)72-105-63-79(58-96-19-7)110-36-30-45-119-40-25-16-4)67-103-55-76(48-87)111-54-75(90)53-99-49-73(88)50-100-61-77(56-94-17-5)108-34-28-43-117-38-23-14-2/h73-85,87-90H,13-72H2,1-12H3,(H,91,92,93). The number of unbranched alkanes of at least 4 members (excludes halogenated alkanes) is 4. The van der Waals surface area contributed by atoms with E-state index in [9.17, 15) is 28.8 Å². The zero-order valence-corrected chi connectivity index (χ0v) is 81.8. The summed E-state index contributed by atoms with van der Waals surface area (Å²) in [7, 11) is -4.02. The summed E-state index contributed by atoms with van der Waals surface area (Å²) >= 11 is 9.33. The van der Waals surface area contributed by atoms with E-state index in [0.717, 1.165) is 83.9 Å². The molecule has 0 aliphatic rings. The van der Waals surface area contributed by atoms with Crippen molar-refractivity contribution in [1.82, 2.24) is 0 Å². The molecule has 0 heterocycles. The molecule has 13 atom stereocenters. The van der Waals surface area contributed by atoms with Crippen LogP contribution in [0.15, 0.2) is 0 Å². The van der Waals surface area contributed by atoms with Gasteiger partial charge in [0.2, 0.25) is 0 Å². The van der Waals surface area contributed by atoms with Crippen LogP contribution in [0.4, 0.5) is 0 Å². The Kier molecular flexibility index (Phi) is 90.3. The van der Waals surface area contributed by atoms with Crippen molar-refractivity contribution < 1.29 is 138 Å². The lowest BCUT2D eigenvalue weighted by atomic mass is 9.89. The molecule has 0 fully saturated rings. The van der Waals surface area contributed by atoms with Gasteiger partial charge in [0.1, 0.15) is 73.2 Å². The quantitative estimate of drug-likeness (QED) is 0.0279. The second-order valence-corrected chi connectivity index (χ2v) is 38.3. The van der Waals surface area contributed by atoms with E-state index in [2.05, 4.69) is 48.5 Å². The van der Waals surface area contributed by atoms with Gasteiger partial charge in [0.25, 0.3) is 10.1 Å². The SMILES string of the molecule is CCCCSCCCOCC(COC(COCC(O)COCC(COCC)OCCCSCCCC)COCC(COC(COCC(CO)OCC(O)COCC(O)COCC(COCC)OCCCSCCCC)COC(COCC(COCC)OCCCSCCCC)C(C)(C)C)OCC(COCCCSCCCS(=O)(=O)O)OCC)OCC. The van der Waals surface area contributed by atoms with Gasteiger partial charge in [0.15, 0.2) is 0 Å². The Morgan fingerprint density at radius 2 is 0.504 bits per heavy atom. The normalized spacial score (nSPS) is 15.7. The van der Waals surface area contributed by atoms with E-state index in [0.29, 0.717) is 118 Å². The van der Waals surface area contributed by atoms with Gasteiger partial charge in [-0.1, -0.05) is 74.1 Å². The molecule has 0 aromatic rings. The molecule has 0 aromatic carbocycles. The molecule has 0 rings (SSSR count). The summed E-state index contributed by atoms with van der Waals surface area (Å²) in [6.45, 7) is 31.9. The molecule has 0 aliphatic carbocycles. The van der Waals surface area contributed by atoms with Gasteiger partial charge in [-0.2, -0.15) is 67.2 Å². The number of aliphatic hydroxyl groups is 4. The highest BCUT2D eigenvalue weighted by molar-refractivity contribution is 8.00. The summed E-state index contributed by atoms with van der Waals surface area (Å²) in [5.41, 5.74) is -0.413. The predicted molar refractivity (Wildman–Crippen MR) is 491 cm³/mol. The average Bonchev–Trinajstić information content (AvgIpc) is 0.880. The first-order valence-electron chi connectivity index (χ1n) is 45.3. The van der Waals surface area contributed by atoms with Crippen molar-refractivity contribution in [3.63, 3.8) is 0 Å². The van der Waals surface area contributed by atoms with Crippen molar-refractivity contribution in [2.75, 3.05) is 295 Å². The maximum absolute atomic E-state index is 11.2. The molecule has 121 heavy (non-hydrogen) atoms. The molecule has 728 valence electrons. The van der Waals surface area contributed by atoms with Crippen LogP contribution in [-0.2, 0) is 114 Å². The zero-order valence-electron chi connectivity index (χ0n) is 76.9. The summed E-state index contributed by atoms with van der Waals surface area (Å²) < 4.78 is 168. The van der Waals surface area contributed by atoms with Gasteiger partial charge < -0.3 is 125 Å². The fourth-order valence-electron chi connectivity index (χ4n) is 10.8. The van der Waals surface area contributed by atoms with Crippen LogP contribution in [0.1, 0.15) is 173 Å². The molecule has 13 unspecified atom stereocenters. The number of thioether (sulfide) groups is 5. The minimum atomic E-state index is -4.02. The molecule has 0 radical (unpaired) electrons. The zero-order chi connectivity index (χ0) is 89.0. The highest BCUT2D eigenvalue weighted by atomic mass is 32.2. The van der Waals surface area contributed by atoms with Crippen molar-refractivity contribution in [3.8, 4) is 0 Å². The Labute approximate surface area is 754 Å². The molecule has 35 heteroatoms. The van der Waals surface area contributed by atoms with Gasteiger partial charge in [-0.25, -0.2) is 0 Å². The Balaban J connectivity index is 7.03. The molecule has 0 spiro atoms. The molecular weight excluding hydrogens is 1690 g/mol. The number of ether oxygens (including phenoxy) is 22. The van der Waals surface area contributed by atoms with E-state index in [1.165, 1.54) is 44.9 Å². The summed E-state index contributed by atoms with van der Waals surface area (Å²) in [5.74, 6) is 9.66. The van der Waals surface area contributed by atoms with E-state index in [1.54, 1.807) is 11.8 Å². The minimum absolute atomic E-state index is 0.000221. The van der Waals surface area contributed by atoms with E-state index in [4.69, 9.17) is 109 Å². The predicted octanol–water partition coefficient (Wildman–Crippen LogP) is 11.4. The lowest BCUT2D eigenvalue weighted by Crippen LogP contribution is -2.41. The van der Waals surface area contributed by atoms with Gasteiger partial charge in [0, 0.05) is 66.1 Å². The molecule has 29 nitrogen and oxygen atoms in total. The molecule has 0 saturated heterocycles. The van der Waals surface area contributed by atoms with Crippen LogP contribution in [0, 0.1) is 5.41 Å². The maximum Gasteiger partial charge on any atom is 0.264 e. The fraction of sp³-hybridized carbons (Fsp3) is 1.00. The van der Waals surface area contributed by atoms with Crippen molar-refractivity contribution in [1.29, 1.82) is 0 Å². The Morgan fingerprint density at radius 3 is 0.826 bits per heavy atom. The van der Waals surface area contributed by atoms with E-state index in [1.807, 2.05) is 81.7 Å². The molecule has 0 aromatic heterocycles. The van der Waals surface area contributed by atoms with Gasteiger partial charge in [-0.05, 0) is 162 Å². The molecule has 5 N–H and O–H groups in total. The van der Waals surface area contributed by atoms with Crippen LogP contribution in [0.5, 0.6) is 0 Å². The monoisotopic (exact) mass is 1860 g/mol. The molecule has 0 aliphatic heterocycles. The Bertz CT molecular complexity index is 2210. The topological polar surface area (TPSA) is 338 Å². The summed E-state index contributed by atoms with van der Waals surface area (Å²) in [6, 6.07) is 0. The minimum Gasteiger partial charge on any atom is -0.394 e. The highest BCUT2D eigenvalue weighted by Crippen LogP contribution is 2.24. The first-order valence-corrected chi connectivity index (χ1v) is 52.7. The van der Waals surface area contributed by atoms with Crippen LogP contribution in [-0.4, -0.2) is 407 Å². The van der Waals surface area contributed by atoms with Crippen molar-refractivity contribution in [2.45, 2.75) is 252 Å². The number of rotatable bonds is 100. The van der Waals surface area contributed by atoms with Gasteiger partial charge >= 0.3 is 0 Å². The first kappa shape index (κ1) is 122. The third-order valence-corrected chi connectivity index (χ3v) is 24.3. The van der Waals surface area contributed by atoms with Crippen LogP contribution in [0.25, 0.3) is 0 Å². The summed E-state index contributed by atoms with van der Waals surface area (Å²) in [4.78, 5) is 0. The third-order valence-electron chi connectivity index (χ3n) is 17.7. The summed E-state index contributed by atoms with van der Waals surface area (Å²) in [6.07, 6.45) is 6.01. The molecule has 0 bridgehead atoms. The highest BCUT2D eigenvalue weighted by Gasteiger charge is 2.30. The third kappa shape index (κ3) is 82.3. The van der Waals surface area contributed by atoms with Gasteiger partial charge in [-0.3, -0.25) is 4.55 Å². The lowest BCUT2D eigenvalue weighted by molar-refractivity contribution is -0.158. The van der Waals surface area contributed by atoms with Crippen molar-refractivity contribution in [2.24, 2.45) is 5.41 Å². The van der Waals surface area contributed by atoms with Crippen LogP contribution in [0.2, 0.25) is 0 Å².